The van der Waals surface area contributed by atoms with Gasteiger partial charge < -0.3 is 5.32 Å². The molecular weight excluding hydrogens is 356 g/mol. The van der Waals surface area contributed by atoms with Crippen LogP contribution in [0.3, 0.4) is 0 Å². The molecule has 29 heavy (non-hydrogen) atoms. The summed E-state index contributed by atoms with van der Waals surface area (Å²) in [6.45, 7) is 0. The van der Waals surface area contributed by atoms with Crippen molar-refractivity contribution in [3.05, 3.63) is 138 Å². The van der Waals surface area contributed by atoms with Gasteiger partial charge in [-0.25, -0.2) is 0 Å². The number of amides is 1. The molecule has 142 valence electrons. The zero-order valence-electron chi connectivity index (χ0n) is 16.0. The van der Waals surface area contributed by atoms with Crippen molar-refractivity contribution >= 4 is 5.91 Å². The van der Waals surface area contributed by atoms with E-state index in [-0.39, 0.29) is 17.9 Å². The minimum absolute atomic E-state index is 0.0342. The van der Waals surface area contributed by atoms with Crippen LogP contribution in [0.15, 0.2) is 116 Å². The summed E-state index contributed by atoms with van der Waals surface area (Å²) in [6, 6.07) is 33.5. The minimum Gasteiger partial charge on any atom is -0.344 e. The summed E-state index contributed by atoms with van der Waals surface area (Å²) in [5.41, 5.74) is 3.97. The van der Waals surface area contributed by atoms with E-state index in [1.165, 1.54) is 0 Å². The molecule has 4 rings (SSSR count). The zero-order valence-corrected chi connectivity index (χ0v) is 16.0. The van der Waals surface area contributed by atoms with Crippen LogP contribution in [0.25, 0.3) is 0 Å². The molecule has 0 saturated heterocycles. The average molecular weight is 378 g/mol. The Morgan fingerprint density at radius 2 is 1.00 bits per heavy atom. The van der Waals surface area contributed by atoms with Crippen molar-refractivity contribution in [3.8, 4) is 0 Å². The van der Waals surface area contributed by atoms with E-state index in [4.69, 9.17) is 0 Å². The number of carbonyl (C=O) groups is 1. The van der Waals surface area contributed by atoms with Gasteiger partial charge in [0, 0.05) is 12.4 Å². The monoisotopic (exact) mass is 378 g/mol. The highest BCUT2D eigenvalue weighted by atomic mass is 16.1. The Balaban J connectivity index is 1.71. The second-order valence-electron chi connectivity index (χ2n) is 6.89. The molecule has 0 aliphatic carbocycles. The van der Waals surface area contributed by atoms with Gasteiger partial charge in [0.2, 0.25) is 5.91 Å². The average Bonchev–Trinajstić information content (AvgIpc) is 2.80. The number of hydrogen-bond acceptors (Lipinski definition) is 2. The van der Waals surface area contributed by atoms with Gasteiger partial charge >= 0.3 is 0 Å². The normalized spacial score (nSPS) is 11.8. The largest absolute Gasteiger partial charge is 0.344 e. The van der Waals surface area contributed by atoms with Crippen LogP contribution in [-0.4, -0.2) is 10.9 Å². The number of rotatable bonds is 6. The maximum Gasteiger partial charge on any atom is 0.232 e. The molecule has 0 fully saturated rings. The van der Waals surface area contributed by atoms with E-state index < -0.39 is 0 Å². The van der Waals surface area contributed by atoms with Crippen LogP contribution < -0.4 is 5.32 Å². The first-order valence-corrected chi connectivity index (χ1v) is 9.68. The zero-order chi connectivity index (χ0) is 19.9. The molecule has 1 heterocycles. The summed E-state index contributed by atoms with van der Waals surface area (Å²) in [7, 11) is 0. The van der Waals surface area contributed by atoms with Crippen LogP contribution in [0.5, 0.6) is 0 Å². The van der Waals surface area contributed by atoms with Gasteiger partial charge in [0.15, 0.2) is 0 Å². The molecule has 0 aliphatic rings. The molecule has 3 heteroatoms. The van der Waals surface area contributed by atoms with E-state index >= 15 is 0 Å². The lowest BCUT2D eigenvalue weighted by molar-refractivity contribution is -0.122. The molecule has 1 aromatic heterocycles. The van der Waals surface area contributed by atoms with E-state index in [1.807, 2.05) is 103 Å². The molecule has 1 N–H and O–H groups in total. The second-order valence-corrected chi connectivity index (χ2v) is 6.89. The molecule has 0 radical (unpaired) electrons. The van der Waals surface area contributed by atoms with Crippen molar-refractivity contribution in [2.45, 2.75) is 12.0 Å². The van der Waals surface area contributed by atoms with Gasteiger partial charge in [-0.05, 0) is 34.4 Å². The number of nitrogens with one attached hydrogen (secondary N) is 1. The first kappa shape index (κ1) is 18.6. The van der Waals surface area contributed by atoms with Crippen molar-refractivity contribution in [1.29, 1.82) is 0 Å². The SMILES string of the molecule is O=C(N[C@@H](c1ccccc1)c1ccncc1)C(c1ccccc1)c1ccccc1. The lowest BCUT2D eigenvalue weighted by Gasteiger charge is -2.24. The van der Waals surface area contributed by atoms with E-state index in [2.05, 4.69) is 10.3 Å². The minimum atomic E-state index is -0.384. The van der Waals surface area contributed by atoms with Gasteiger partial charge in [0.1, 0.15) is 0 Å². The smallest absolute Gasteiger partial charge is 0.232 e. The molecule has 3 nitrogen and oxygen atoms in total. The summed E-state index contributed by atoms with van der Waals surface area (Å²) >= 11 is 0. The maximum absolute atomic E-state index is 13.6. The van der Waals surface area contributed by atoms with Crippen LogP contribution in [0.4, 0.5) is 0 Å². The highest BCUT2D eigenvalue weighted by Gasteiger charge is 2.26. The first-order chi connectivity index (χ1) is 14.3. The van der Waals surface area contributed by atoms with E-state index in [9.17, 15) is 4.79 Å². The van der Waals surface area contributed by atoms with Crippen LogP contribution in [-0.2, 0) is 4.79 Å². The Kier molecular flexibility index (Phi) is 5.77. The van der Waals surface area contributed by atoms with E-state index in [0.717, 1.165) is 22.3 Å². The van der Waals surface area contributed by atoms with Crippen LogP contribution in [0.2, 0.25) is 0 Å². The third kappa shape index (κ3) is 4.41. The highest BCUT2D eigenvalue weighted by molar-refractivity contribution is 5.87. The van der Waals surface area contributed by atoms with Gasteiger partial charge in [0.25, 0.3) is 0 Å². The standard InChI is InChI=1S/C26H22N2O/c29-26(24(20-10-4-1-5-11-20)21-12-6-2-7-13-21)28-25(22-14-8-3-9-15-22)23-16-18-27-19-17-23/h1-19,24-25H,(H,28,29)/t25-/m0/s1. The van der Waals surface area contributed by atoms with Crippen molar-refractivity contribution in [1.82, 2.24) is 10.3 Å². The van der Waals surface area contributed by atoms with Crippen LogP contribution >= 0.6 is 0 Å². The Labute approximate surface area is 171 Å². The Bertz CT molecular complexity index is 956. The maximum atomic E-state index is 13.6. The van der Waals surface area contributed by atoms with Crippen molar-refractivity contribution in [2.24, 2.45) is 0 Å². The van der Waals surface area contributed by atoms with Crippen LogP contribution in [0.1, 0.15) is 34.2 Å². The predicted octanol–water partition coefficient (Wildman–Crippen LogP) is 5.12. The number of aromatic nitrogens is 1. The lowest BCUT2D eigenvalue weighted by atomic mass is 9.89. The molecule has 0 saturated carbocycles. The number of benzene rings is 3. The summed E-state index contributed by atoms with van der Waals surface area (Å²) < 4.78 is 0. The molecule has 0 unspecified atom stereocenters. The number of nitrogens with zero attached hydrogens (tertiary/aromatic N) is 1. The summed E-state index contributed by atoms with van der Waals surface area (Å²) in [6.07, 6.45) is 3.51. The van der Waals surface area contributed by atoms with Gasteiger partial charge in [-0.2, -0.15) is 0 Å². The summed E-state index contributed by atoms with van der Waals surface area (Å²) in [5.74, 6) is -0.418. The van der Waals surface area contributed by atoms with Gasteiger partial charge in [-0.1, -0.05) is 91.0 Å². The van der Waals surface area contributed by atoms with E-state index in [1.54, 1.807) is 12.4 Å². The molecule has 0 aliphatic heterocycles. The fourth-order valence-corrected chi connectivity index (χ4v) is 3.57. The number of hydrogen-bond donors (Lipinski definition) is 1. The van der Waals surface area contributed by atoms with Crippen molar-refractivity contribution in [3.63, 3.8) is 0 Å². The highest BCUT2D eigenvalue weighted by Crippen LogP contribution is 2.28. The third-order valence-corrected chi connectivity index (χ3v) is 4.99. The van der Waals surface area contributed by atoms with Crippen LogP contribution in [0, 0.1) is 0 Å². The second kappa shape index (κ2) is 8.98. The number of carbonyl (C=O) groups excluding carboxylic acids is 1. The fourth-order valence-electron chi connectivity index (χ4n) is 3.57. The summed E-state index contributed by atoms with van der Waals surface area (Å²) in [5, 5.41) is 3.28. The molecule has 3 aromatic carbocycles. The Morgan fingerprint density at radius 3 is 1.48 bits per heavy atom. The first-order valence-electron chi connectivity index (χ1n) is 9.68. The molecule has 4 aromatic rings. The van der Waals surface area contributed by atoms with E-state index in [0.29, 0.717) is 0 Å². The quantitative estimate of drug-likeness (QED) is 0.506. The van der Waals surface area contributed by atoms with Crippen molar-refractivity contribution in [2.75, 3.05) is 0 Å². The number of pyridine rings is 1. The third-order valence-electron chi connectivity index (χ3n) is 4.99. The molecule has 0 bridgehead atoms. The Morgan fingerprint density at radius 1 is 0.586 bits per heavy atom. The van der Waals surface area contributed by atoms with Crippen molar-refractivity contribution < 1.29 is 4.79 Å². The lowest BCUT2D eigenvalue weighted by Crippen LogP contribution is -2.34. The molecular formula is C26H22N2O. The molecule has 1 amide bonds. The fraction of sp³-hybridized carbons (Fsp3) is 0.0769. The predicted molar refractivity (Wildman–Crippen MR) is 115 cm³/mol. The van der Waals surface area contributed by atoms with Gasteiger partial charge in [0.05, 0.1) is 12.0 Å². The van der Waals surface area contributed by atoms with Gasteiger partial charge in [-0.15, -0.1) is 0 Å². The van der Waals surface area contributed by atoms with Gasteiger partial charge in [-0.3, -0.25) is 9.78 Å². The molecule has 0 spiro atoms. The topological polar surface area (TPSA) is 42.0 Å². The summed E-state index contributed by atoms with van der Waals surface area (Å²) in [4.78, 5) is 17.7. The molecule has 1 atom stereocenters. The Hall–Kier alpha value is -3.72.